The van der Waals surface area contributed by atoms with Gasteiger partial charge in [0.25, 0.3) is 10.2 Å². The minimum Gasteiger partial charge on any atom is -0.373 e. The molecule has 2 unspecified atom stereocenters. The Balaban J connectivity index is 1.94. The number of ether oxygens (including phenoxy) is 1. The molecule has 6 heteroatoms. The van der Waals surface area contributed by atoms with Crippen molar-refractivity contribution in [2.45, 2.75) is 64.7 Å². The Morgan fingerprint density at radius 2 is 1.53 bits per heavy atom. The molecule has 0 aromatic heterocycles. The molecule has 112 valence electrons. The highest BCUT2D eigenvalue weighted by molar-refractivity contribution is 7.87. The maximum atomic E-state index is 12.4. The molecule has 0 aromatic rings. The van der Waals surface area contributed by atoms with Gasteiger partial charge in [0.15, 0.2) is 0 Å². The number of hydrogen-bond acceptors (Lipinski definition) is 3. The van der Waals surface area contributed by atoms with Gasteiger partial charge in [-0.05, 0) is 45.4 Å². The first-order valence-electron chi connectivity index (χ1n) is 7.29. The summed E-state index contributed by atoms with van der Waals surface area (Å²) in [6.45, 7) is 6.96. The first kappa shape index (κ1) is 15.2. The minimum atomic E-state index is -3.36. The van der Waals surface area contributed by atoms with Crippen LogP contribution < -0.4 is 4.72 Å². The van der Waals surface area contributed by atoms with Gasteiger partial charge in [0.05, 0.1) is 12.2 Å². The molecule has 1 heterocycles. The average molecular weight is 290 g/mol. The van der Waals surface area contributed by atoms with E-state index >= 15 is 0 Å². The molecule has 19 heavy (non-hydrogen) atoms. The topological polar surface area (TPSA) is 58.6 Å². The summed E-state index contributed by atoms with van der Waals surface area (Å²) in [7, 11) is -3.36. The predicted molar refractivity (Wildman–Crippen MR) is 75.1 cm³/mol. The zero-order valence-corrected chi connectivity index (χ0v) is 12.9. The van der Waals surface area contributed by atoms with Gasteiger partial charge in [0, 0.05) is 19.1 Å². The summed E-state index contributed by atoms with van der Waals surface area (Å²) in [6.07, 6.45) is 4.07. The molecule has 5 nitrogen and oxygen atoms in total. The van der Waals surface area contributed by atoms with Crippen molar-refractivity contribution in [3.8, 4) is 0 Å². The molecule has 0 amide bonds. The Hall–Kier alpha value is -0.170. The van der Waals surface area contributed by atoms with E-state index in [1.54, 1.807) is 0 Å². The third-order valence-electron chi connectivity index (χ3n) is 4.06. The molecule has 0 spiro atoms. The van der Waals surface area contributed by atoms with Crippen molar-refractivity contribution < 1.29 is 13.2 Å². The summed E-state index contributed by atoms with van der Waals surface area (Å²) in [4.78, 5) is 0. The van der Waals surface area contributed by atoms with Crippen molar-refractivity contribution in [1.82, 2.24) is 9.03 Å². The van der Waals surface area contributed by atoms with Crippen LogP contribution >= 0.6 is 0 Å². The van der Waals surface area contributed by atoms with Crippen molar-refractivity contribution in [3.05, 3.63) is 0 Å². The smallest absolute Gasteiger partial charge is 0.279 e. The normalized spacial score (nSPS) is 38.3. The number of hydrogen-bond donors (Lipinski definition) is 1. The van der Waals surface area contributed by atoms with Crippen LogP contribution in [-0.2, 0) is 14.9 Å². The lowest BCUT2D eigenvalue weighted by molar-refractivity contribution is -0.0445. The fourth-order valence-corrected chi connectivity index (χ4v) is 4.61. The van der Waals surface area contributed by atoms with E-state index in [2.05, 4.69) is 11.6 Å². The van der Waals surface area contributed by atoms with Crippen LogP contribution in [0, 0.1) is 5.92 Å². The van der Waals surface area contributed by atoms with Crippen LogP contribution in [0.15, 0.2) is 0 Å². The summed E-state index contributed by atoms with van der Waals surface area (Å²) in [6, 6.07) is 0.106. The molecule has 1 aliphatic carbocycles. The first-order valence-corrected chi connectivity index (χ1v) is 8.73. The van der Waals surface area contributed by atoms with Gasteiger partial charge < -0.3 is 4.74 Å². The fourth-order valence-electron chi connectivity index (χ4n) is 2.99. The zero-order valence-electron chi connectivity index (χ0n) is 12.1. The van der Waals surface area contributed by atoms with Gasteiger partial charge in [0.1, 0.15) is 0 Å². The zero-order chi connectivity index (χ0) is 14.0. The molecule has 2 atom stereocenters. The van der Waals surface area contributed by atoms with E-state index in [1.165, 1.54) is 4.31 Å². The van der Waals surface area contributed by atoms with Crippen molar-refractivity contribution >= 4 is 10.2 Å². The minimum absolute atomic E-state index is 0.0355. The van der Waals surface area contributed by atoms with Crippen LogP contribution in [-0.4, -0.2) is 44.1 Å². The highest BCUT2D eigenvalue weighted by atomic mass is 32.2. The summed E-state index contributed by atoms with van der Waals surface area (Å²) < 4.78 is 34.8. The van der Waals surface area contributed by atoms with Gasteiger partial charge in [-0.25, -0.2) is 0 Å². The lowest BCUT2D eigenvalue weighted by atomic mass is 9.88. The molecule has 1 saturated heterocycles. The van der Waals surface area contributed by atoms with Gasteiger partial charge in [-0.15, -0.1) is 0 Å². The molecular weight excluding hydrogens is 264 g/mol. The van der Waals surface area contributed by atoms with Crippen molar-refractivity contribution in [1.29, 1.82) is 0 Å². The number of nitrogens with one attached hydrogen (secondary N) is 1. The quantitative estimate of drug-likeness (QED) is 0.857. The summed E-state index contributed by atoms with van der Waals surface area (Å²) in [5, 5.41) is 0. The molecule has 2 fully saturated rings. The molecule has 0 aromatic carbocycles. The second-order valence-corrected chi connectivity index (χ2v) is 7.86. The van der Waals surface area contributed by atoms with Crippen LogP contribution in [0.3, 0.4) is 0 Å². The molecule has 2 aliphatic rings. The van der Waals surface area contributed by atoms with Crippen LogP contribution in [0.5, 0.6) is 0 Å². The third-order valence-corrected chi connectivity index (χ3v) is 5.67. The summed E-state index contributed by atoms with van der Waals surface area (Å²) in [5.41, 5.74) is 0. The van der Waals surface area contributed by atoms with E-state index in [0.29, 0.717) is 13.1 Å². The van der Waals surface area contributed by atoms with Crippen LogP contribution in [0.1, 0.15) is 46.5 Å². The average Bonchev–Trinajstić information content (AvgIpc) is 2.31. The van der Waals surface area contributed by atoms with Gasteiger partial charge in [-0.2, -0.15) is 17.4 Å². The number of nitrogens with zero attached hydrogens (tertiary/aromatic N) is 1. The van der Waals surface area contributed by atoms with E-state index in [-0.39, 0.29) is 18.2 Å². The summed E-state index contributed by atoms with van der Waals surface area (Å²) in [5.74, 6) is 0.726. The molecule has 2 rings (SSSR count). The molecule has 0 radical (unpaired) electrons. The monoisotopic (exact) mass is 290 g/mol. The van der Waals surface area contributed by atoms with E-state index in [9.17, 15) is 8.42 Å². The maximum Gasteiger partial charge on any atom is 0.279 e. The lowest BCUT2D eigenvalue weighted by Crippen LogP contribution is -2.54. The highest BCUT2D eigenvalue weighted by Crippen LogP contribution is 2.24. The number of morpholine rings is 1. The molecule has 1 saturated carbocycles. The standard InChI is InChI=1S/C13H26N2O3S/c1-10-4-6-13(7-5-10)14-19(16,17)15-8-11(2)18-12(3)9-15/h10-14H,4-9H2,1-3H3. The Bertz CT molecular complexity index is 381. The predicted octanol–water partition coefficient (Wildman–Crippen LogP) is 1.51. The van der Waals surface area contributed by atoms with Gasteiger partial charge in [0.2, 0.25) is 0 Å². The van der Waals surface area contributed by atoms with Gasteiger partial charge in [-0.3, -0.25) is 0 Å². The molecule has 1 aliphatic heterocycles. The fraction of sp³-hybridized carbons (Fsp3) is 1.00. The van der Waals surface area contributed by atoms with Gasteiger partial charge >= 0.3 is 0 Å². The van der Waals surface area contributed by atoms with Crippen LogP contribution in [0.4, 0.5) is 0 Å². The number of rotatable bonds is 3. The lowest BCUT2D eigenvalue weighted by Gasteiger charge is -2.36. The Labute approximate surface area is 116 Å². The molecule has 0 bridgehead atoms. The second-order valence-electron chi connectivity index (χ2n) is 6.15. The SMILES string of the molecule is CC1CCC(NS(=O)(=O)N2CC(C)OC(C)C2)CC1. The highest BCUT2D eigenvalue weighted by Gasteiger charge is 2.33. The first-order chi connectivity index (χ1) is 8.87. The van der Waals surface area contributed by atoms with Gasteiger partial charge in [-0.1, -0.05) is 6.92 Å². The van der Waals surface area contributed by atoms with E-state index in [4.69, 9.17) is 4.74 Å². The molecule has 1 N–H and O–H groups in total. The van der Waals surface area contributed by atoms with Crippen molar-refractivity contribution in [2.75, 3.05) is 13.1 Å². The Morgan fingerprint density at radius 3 is 2.05 bits per heavy atom. The van der Waals surface area contributed by atoms with Crippen LogP contribution in [0.25, 0.3) is 0 Å². The van der Waals surface area contributed by atoms with Crippen LogP contribution in [0.2, 0.25) is 0 Å². The molecular formula is C13H26N2O3S. The third kappa shape index (κ3) is 4.15. The largest absolute Gasteiger partial charge is 0.373 e. The van der Waals surface area contributed by atoms with E-state index < -0.39 is 10.2 Å². The Morgan fingerprint density at radius 1 is 1.00 bits per heavy atom. The van der Waals surface area contributed by atoms with E-state index in [1.807, 2.05) is 13.8 Å². The maximum absolute atomic E-state index is 12.4. The van der Waals surface area contributed by atoms with E-state index in [0.717, 1.165) is 31.6 Å². The van der Waals surface area contributed by atoms with Crippen molar-refractivity contribution in [2.24, 2.45) is 5.92 Å². The Kier molecular flexibility index (Phi) is 4.87. The summed E-state index contributed by atoms with van der Waals surface area (Å²) >= 11 is 0. The second kappa shape index (κ2) is 6.08. The van der Waals surface area contributed by atoms with Crippen molar-refractivity contribution in [3.63, 3.8) is 0 Å².